The fourth-order valence-corrected chi connectivity index (χ4v) is 3.72. The minimum Gasteiger partial charge on any atom is -0.348 e. The first-order valence-corrected chi connectivity index (χ1v) is 9.01. The maximum absolute atomic E-state index is 12.3. The fraction of sp³-hybridized carbons (Fsp3) is 0.533. The molecule has 0 aliphatic carbocycles. The zero-order valence-corrected chi connectivity index (χ0v) is 13.7. The minimum absolute atomic E-state index is 0.0929. The van der Waals surface area contributed by atoms with Gasteiger partial charge in [-0.05, 0) is 51.4 Å². The Morgan fingerprint density at radius 2 is 2.14 bits per heavy atom. The van der Waals surface area contributed by atoms with Crippen molar-refractivity contribution in [2.75, 3.05) is 13.1 Å². The standard InChI is InChI=1S/C15H23N3O3S/c1-11(2)18-22(20,21)14-7-3-5-12(9-14)15(19)17-13-6-4-8-16-10-13/h3,5,7,9,11,13,16,18H,4,6,8,10H2,1-2H3,(H,17,19)/t13-/m0/s1. The summed E-state index contributed by atoms with van der Waals surface area (Å²) in [5, 5.41) is 6.17. The lowest BCUT2D eigenvalue weighted by Crippen LogP contribution is -2.45. The summed E-state index contributed by atoms with van der Waals surface area (Å²) in [5.41, 5.74) is 0.359. The Hall–Kier alpha value is -1.44. The van der Waals surface area contributed by atoms with Crippen LogP contribution in [0.3, 0.4) is 0 Å². The lowest BCUT2D eigenvalue weighted by atomic mass is 10.1. The zero-order valence-electron chi connectivity index (χ0n) is 12.9. The van der Waals surface area contributed by atoms with Crippen molar-refractivity contribution in [2.45, 2.75) is 43.7 Å². The highest BCUT2D eigenvalue weighted by atomic mass is 32.2. The lowest BCUT2D eigenvalue weighted by molar-refractivity contribution is 0.0930. The smallest absolute Gasteiger partial charge is 0.251 e. The molecular formula is C15H23N3O3S. The highest BCUT2D eigenvalue weighted by Crippen LogP contribution is 2.13. The van der Waals surface area contributed by atoms with Crippen LogP contribution >= 0.6 is 0 Å². The second-order valence-electron chi connectivity index (χ2n) is 5.82. The van der Waals surface area contributed by atoms with Crippen molar-refractivity contribution >= 4 is 15.9 Å². The Balaban J connectivity index is 2.12. The van der Waals surface area contributed by atoms with Gasteiger partial charge in [0, 0.05) is 24.2 Å². The molecule has 2 rings (SSSR count). The van der Waals surface area contributed by atoms with Gasteiger partial charge in [-0.3, -0.25) is 4.79 Å². The number of piperidine rings is 1. The summed E-state index contributed by atoms with van der Waals surface area (Å²) in [7, 11) is -3.59. The normalized spacial score (nSPS) is 19.1. The summed E-state index contributed by atoms with van der Waals surface area (Å²) >= 11 is 0. The summed E-state index contributed by atoms with van der Waals surface area (Å²) < 4.78 is 26.8. The molecule has 6 nitrogen and oxygen atoms in total. The van der Waals surface area contributed by atoms with Crippen LogP contribution in [0.25, 0.3) is 0 Å². The van der Waals surface area contributed by atoms with E-state index in [1.54, 1.807) is 26.0 Å². The molecule has 3 N–H and O–H groups in total. The molecule has 0 aromatic heterocycles. The van der Waals surface area contributed by atoms with Crippen LogP contribution in [0.2, 0.25) is 0 Å². The molecule has 1 atom stereocenters. The molecule has 1 aromatic carbocycles. The molecule has 0 saturated carbocycles. The van der Waals surface area contributed by atoms with Crippen LogP contribution in [0.15, 0.2) is 29.2 Å². The van der Waals surface area contributed by atoms with Crippen molar-refractivity contribution in [3.05, 3.63) is 29.8 Å². The number of carbonyl (C=O) groups is 1. The number of benzene rings is 1. The molecular weight excluding hydrogens is 302 g/mol. The molecule has 0 radical (unpaired) electrons. The molecule has 0 spiro atoms. The van der Waals surface area contributed by atoms with Crippen LogP contribution in [-0.4, -0.2) is 39.5 Å². The van der Waals surface area contributed by atoms with Crippen molar-refractivity contribution in [2.24, 2.45) is 0 Å². The molecule has 1 amide bonds. The Bertz CT molecular complexity index is 623. The van der Waals surface area contributed by atoms with Crippen LogP contribution in [0, 0.1) is 0 Å². The SMILES string of the molecule is CC(C)NS(=O)(=O)c1cccc(C(=O)N[C@H]2CCCNC2)c1. The summed E-state index contributed by atoms with van der Waals surface area (Å²) in [6.45, 7) is 5.23. The van der Waals surface area contributed by atoms with E-state index in [2.05, 4.69) is 15.4 Å². The van der Waals surface area contributed by atoms with Gasteiger partial charge in [-0.25, -0.2) is 13.1 Å². The highest BCUT2D eigenvalue weighted by Gasteiger charge is 2.19. The minimum atomic E-state index is -3.59. The molecule has 22 heavy (non-hydrogen) atoms. The first-order valence-electron chi connectivity index (χ1n) is 7.52. The predicted octanol–water partition coefficient (Wildman–Crippen LogP) is 0.855. The van der Waals surface area contributed by atoms with Crippen LogP contribution in [0.4, 0.5) is 0 Å². The quantitative estimate of drug-likeness (QED) is 0.749. The van der Waals surface area contributed by atoms with Crippen LogP contribution in [0.1, 0.15) is 37.0 Å². The van der Waals surface area contributed by atoms with Crippen LogP contribution in [-0.2, 0) is 10.0 Å². The number of hydrogen-bond donors (Lipinski definition) is 3. The monoisotopic (exact) mass is 325 g/mol. The third kappa shape index (κ3) is 4.53. The van der Waals surface area contributed by atoms with E-state index >= 15 is 0 Å². The average molecular weight is 325 g/mol. The number of rotatable bonds is 5. The van der Waals surface area contributed by atoms with Gasteiger partial charge in [0.25, 0.3) is 5.91 Å². The van der Waals surface area contributed by atoms with E-state index in [9.17, 15) is 13.2 Å². The molecule has 122 valence electrons. The second kappa shape index (κ2) is 7.21. The fourth-order valence-electron chi connectivity index (χ4n) is 2.43. The van der Waals surface area contributed by atoms with Crippen molar-refractivity contribution in [3.8, 4) is 0 Å². The van der Waals surface area contributed by atoms with E-state index in [-0.39, 0.29) is 22.9 Å². The Morgan fingerprint density at radius 3 is 2.77 bits per heavy atom. The molecule has 1 heterocycles. The highest BCUT2D eigenvalue weighted by molar-refractivity contribution is 7.89. The molecule has 0 bridgehead atoms. The maximum Gasteiger partial charge on any atom is 0.251 e. The molecule has 1 aliphatic rings. The van der Waals surface area contributed by atoms with Crippen LogP contribution in [0.5, 0.6) is 0 Å². The lowest BCUT2D eigenvalue weighted by Gasteiger charge is -2.23. The largest absolute Gasteiger partial charge is 0.348 e. The number of nitrogens with one attached hydrogen (secondary N) is 3. The van der Waals surface area contributed by atoms with Gasteiger partial charge in [0.1, 0.15) is 0 Å². The predicted molar refractivity (Wildman–Crippen MR) is 85.3 cm³/mol. The van der Waals surface area contributed by atoms with E-state index in [4.69, 9.17) is 0 Å². The van der Waals surface area contributed by atoms with Crippen molar-refractivity contribution in [3.63, 3.8) is 0 Å². The summed E-state index contributed by atoms with van der Waals surface area (Å²) in [6, 6.07) is 6.01. The topological polar surface area (TPSA) is 87.3 Å². The average Bonchev–Trinajstić information content (AvgIpc) is 2.47. The second-order valence-corrected chi connectivity index (χ2v) is 7.53. The van der Waals surface area contributed by atoms with Gasteiger partial charge in [0.05, 0.1) is 4.90 Å². The number of amides is 1. The Labute approximate surface area is 131 Å². The van der Waals surface area contributed by atoms with Gasteiger partial charge in [0.15, 0.2) is 0 Å². The Kier molecular flexibility index (Phi) is 5.55. The van der Waals surface area contributed by atoms with Crippen molar-refractivity contribution in [1.82, 2.24) is 15.4 Å². The molecule has 0 unspecified atom stereocenters. The Morgan fingerprint density at radius 1 is 1.36 bits per heavy atom. The van der Waals surface area contributed by atoms with Crippen molar-refractivity contribution in [1.29, 1.82) is 0 Å². The third-order valence-corrected chi connectivity index (χ3v) is 5.09. The first kappa shape index (κ1) is 16.9. The molecule has 1 saturated heterocycles. The molecule has 7 heteroatoms. The van der Waals surface area contributed by atoms with E-state index in [0.29, 0.717) is 5.56 Å². The van der Waals surface area contributed by atoms with E-state index in [1.165, 1.54) is 12.1 Å². The maximum atomic E-state index is 12.3. The number of carbonyl (C=O) groups excluding carboxylic acids is 1. The molecule has 1 aromatic rings. The summed E-state index contributed by atoms with van der Waals surface area (Å²) in [5.74, 6) is -0.240. The van der Waals surface area contributed by atoms with Gasteiger partial charge >= 0.3 is 0 Å². The van der Waals surface area contributed by atoms with Crippen molar-refractivity contribution < 1.29 is 13.2 Å². The van der Waals surface area contributed by atoms with E-state index in [0.717, 1.165) is 25.9 Å². The number of hydrogen-bond acceptors (Lipinski definition) is 4. The van der Waals surface area contributed by atoms with Gasteiger partial charge in [0.2, 0.25) is 10.0 Å². The van der Waals surface area contributed by atoms with Gasteiger partial charge in [-0.2, -0.15) is 0 Å². The summed E-state index contributed by atoms with van der Waals surface area (Å²) in [6.07, 6.45) is 1.96. The van der Waals surface area contributed by atoms with Gasteiger partial charge in [-0.15, -0.1) is 0 Å². The van der Waals surface area contributed by atoms with Crippen LogP contribution < -0.4 is 15.4 Å². The van der Waals surface area contributed by atoms with E-state index in [1.807, 2.05) is 0 Å². The third-order valence-electron chi connectivity index (χ3n) is 3.43. The first-order chi connectivity index (χ1) is 10.4. The van der Waals surface area contributed by atoms with Gasteiger partial charge in [-0.1, -0.05) is 6.07 Å². The molecule has 1 aliphatic heterocycles. The molecule has 1 fully saturated rings. The van der Waals surface area contributed by atoms with E-state index < -0.39 is 10.0 Å². The summed E-state index contributed by atoms with van der Waals surface area (Å²) in [4.78, 5) is 12.4. The number of sulfonamides is 1. The van der Waals surface area contributed by atoms with Gasteiger partial charge < -0.3 is 10.6 Å². The zero-order chi connectivity index (χ0) is 16.2.